The molecule has 2 aliphatic heterocycles. The van der Waals surface area contributed by atoms with Crippen molar-refractivity contribution in [3.05, 3.63) is 42.2 Å². The van der Waals surface area contributed by atoms with Crippen molar-refractivity contribution in [1.82, 2.24) is 19.2 Å². The van der Waals surface area contributed by atoms with Gasteiger partial charge in [-0.25, -0.2) is 18.4 Å². The van der Waals surface area contributed by atoms with E-state index >= 15 is 0 Å². The quantitative estimate of drug-likeness (QED) is 0.706. The minimum atomic E-state index is -3.48. The summed E-state index contributed by atoms with van der Waals surface area (Å²) in [5.74, 6) is 1.45. The normalized spacial score (nSPS) is 18.9. The molecule has 1 aromatic carbocycles. The van der Waals surface area contributed by atoms with Crippen molar-refractivity contribution in [3.63, 3.8) is 0 Å². The first-order chi connectivity index (χ1) is 14.1. The minimum Gasteiger partial charge on any atom is -0.497 e. The van der Waals surface area contributed by atoms with Crippen LogP contribution in [-0.2, 0) is 16.6 Å². The first-order valence-corrected chi connectivity index (χ1v) is 11.4. The number of ether oxygens (including phenoxy) is 1. The standard InChI is InChI=1S/C20H27N5O3S/c1-28-18-4-6-19(7-5-18)29(26,27)25-14-12-23(13-15-25)16-17-8-9-21-20(22-17)24-10-2-3-11-24/h4-9H,2-3,10-16H2,1H3. The maximum Gasteiger partial charge on any atom is 0.243 e. The van der Waals surface area contributed by atoms with E-state index in [2.05, 4.69) is 14.8 Å². The molecule has 0 atom stereocenters. The third-order valence-electron chi connectivity index (χ3n) is 5.50. The molecule has 3 heterocycles. The summed E-state index contributed by atoms with van der Waals surface area (Å²) in [6.07, 6.45) is 4.21. The summed E-state index contributed by atoms with van der Waals surface area (Å²) in [6, 6.07) is 8.50. The number of anilines is 1. The van der Waals surface area contributed by atoms with Crippen LogP contribution in [0, 0.1) is 0 Å². The van der Waals surface area contributed by atoms with Crippen molar-refractivity contribution in [3.8, 4) is 5.75 Å². The van der Waals surface area contributed by atoms with Crippen LogP contribution in [0.5, 0.6) is 5.75 Å². The van der Waals surface area contributed by atoms with E-state index in [4.69, 9.17) is 9.72 Å². The van der Waals surface area contributed by atoms with Crippen LogP contribution in [0.2, 0.25) is 0 Å². The minimum absolute atomic E-state index is 0.304. The molecular weight excluding hydrogens is 390 g/mol. The first-order valence-electron chi connectivity index (χ1n) is 10.00. The van der Waals surface area contributed by atoms with Crippen LogP contribution >= 0.6 is 0 Å². The van der Waals surface area contributed by atoms with Gasteiger partial charge in [0.1, 0.15) is 5.75 Å². The van der Waals surface area contributed by atoms with Gasteiger partial charge in [0.05, 0.1) is 17.7 Å². The van der Waals surface area contributed by atoms with E-state index in [0.717, 1.165) is 24.7 Å². The van der Waals surface area contributed by atoms with Gasteiger partial charge >= 0.3 is 0 Å². The highest BCUT2D eigenvalue weighted by Gasteiger charge is 2.28. The number of hydrogen-bond donors (Lipinski definition) is 0. The maximum absolute atomic E-state index is 12.9. The van der Waals surface area contributed by atoms with E-state index < -0.39 is 10.0 Å². The van der Waals surface area contributed by atoms with Gasteiger partial charge < -0.3 is 9.64 Å². The van der Waals surface area contributed by atoms with Gasteiger partial charge in [0.2, 0.25) is 16.0 Å². The summed E-state index contributed by atoms with van der Waals surface area (Å²) in [7, 11) is -1.92. The van der Waals surface area contributed by atoms with Crippen LogP contribution in [0.15, 0.2) is 41.4 Å². The van der Waals surface area contributed by atoms with Crippen LogP contribution in [0.4, 0.5) is 5.95 Å². The number of nitrogens with zero attached hydrogens (tertiary/aromatic N) is 5. The predicted molar refractivity (Wildman–Crippen MR) is 111 cm³/mol. The molecule has 0 N–H and O–H groups in total. The smallest absolute Gasteiger partial charge is 0.243 e. The highest BCUT2D eigenvalue weighted by Crippen LogP contribution is 2.21. The van der Waals surface area contributed by atoms with Gasteiger partial charge in [-0.05, 0) is 43.2 Å². The number of aromatic nitrogens is 2. The number of rotatable bonds is 6. The van der Waals surface area contributed by atoms with E-state index in [1.807, 2.05) is 12.3 Å². The van der Waals surface area contributed by atoms with E-state index in [-0.39, 0.29) is 0 Å². The second-order valence-corrected chi connectivity index (χ2v) is 9.34. The summed E-state index contributed by atoms with van der Waals surface area (Å²) < 4.78 is 32.4. The van der Waals surface area contributed by atoms with Crippen molar-refractivity contribution in [2.75, 3.05) is 51.3 Å². The first kappa shape index (κ1) is 20.1. The SMILES string of the molecule is COc1ccc(S(=O)(=O)N2CCN(Cc3ccnc(N4CCCC4)n3)CC2)cc1. The van der Waals surface area contributed by atoms with Crippen LogP contribution in [0.3, 0.4) is 0 Å². The monoisotopic (exact) mass is 417 g/mol. The molecule has 0 unspecified atom stereocenters. The Morgan fingerprint density at radius 2 is 1.66 bits per heavy atom. The van der Waals surface area contributed by atoms with Crippen LogP contribution < -0.4 is 9.64 Å². The Morgan fingerprint density at radius 1 is 0.966 bits per heavy atom. The average molecular weight is 418 g/mol. The fourth-order valence-corrected chi connectivity index (χ4v) is 5.22. The van der Waals surface area contributed by atoms with Crippen LogP contribution in [0.25, 0.3) is 0 Å². The lowest BCUT2D eigenvalue weighted by molar-refractivity contribution is 0.180. The Bertz CT molecular complexity index is 921. The molecule has 29 heavy (non-hydrogen) atoms. The fraction of sp³-hybridized carbons (Fsp3) is 0.500. The molecule has 2 aromatic rings. The molecule has 0 spiro atoms. The summed E-state index contributed by atoms with van der Waals surface area (Å²) in [4.78, 5) is 13.9. The van der Waals surface area contributed by atoms with E-state index in [9.17, 15) is 8.42 Å². The lowest BCUT2D eigenvalue weighted by Gasteiger charge is -2.33. The zero-order valence-electron chi connectivity index (χ0n) is 16.7. The van der Waals surface area contributed by atoms with Gasteiger partial charge in [-0.2, -0.15) is 4.31 Å². The largest absolute Gasteiger partial charge is 0.497 e. The molecular formula is C20H27N5O3S. The van der Waals surface area contributed by atoms with Crippen molar-refractivity contribution in [2.24, 2.45) is 0 Å². The summed E-state index contributed by atoms with van der Waals surface area (Å²) in [6.45, 7) is 5.05. The Hall–Kier alpha value is -2.23. The lowest BCUT2D eigenvalue weighted by atomic mass is 10.3. The second kappa shape index (κ2) is 8.64. The highest BCUT2D eigenvalue weighted by molar-refractivity contribution is 7.89. The third kappa shape index (κ3) is 4.52. The van der Waals surface area contributed by atoms with Gasteiger partial charge in [-0.3, -0.25) is 4.90 Å². The molecule has 0 aliphatic carbocycles. The number of benzene rings is 1. The molecule has 0 saturated carbocycles. The Balaban J connectivity index is 1.36. The number of methoxy groups -OCH3 is 1. The maximum atomic E-state index is 12.9. The number of hydrogen-bond acceptors (Lipinski definition) is 7. The molecule has 156 valence electrons. The van der Waals surface area contributed by atoms with E-state index in [1.54, 1.807) is 35.7 Å². The molecule has 0 bridgehead atoms. The third-order valence-corrected chi connectivity index (χ3v) is 7.42. The van der Waals surface area contributed by atoms with E-state index in [0.29, 0.717) is 43.4 Å². The second-order valence-electron chi connectivity index (χ2n) is 7.40. The molecule has 4 rings (SSSR count). The van der Waals surface area contributed by atoms with Crippen molar-refractivity contribution < 1.29 is 13.2 Å². The number of sulfonamides is 1. The van der Waals surface area contributed by atoms with Gasteiger partial charge in [0.25, 0.3) is 0 Å². The zero-order valence-corrected chi connectivity index (χ0v) is 17.5. The van der Waals surface area contributed by atoms with Crippen LogP contribution in [-0.4, -0.2) is 74.0 Å². The molecule has 9 heteroatoms. The molecule has 2 fully saturated rings. The Morgan fingerprint density at radius 3 is 2.31 bits per heavy atom. The van der Waals surface area contributed by atoms with Crippen molar-refractivity contribution >= 4 is 16.0 Å². The highest BCUT2D eigenvalue weighted by atomic mass is 32.2. The molecule has 0 radical (unpaired) electrons. The Kier molecular flexibility index (Phi) is 5.98. The van der Waals surface area contributed by atoms with Gasteiger partial charge in [0, 0.05) is 52.0 Å². The van der Waals surface area contributed by atoms with Crippen molar-refractivity contribution in [2.45, 2.75) is 24.3 Å². The van der Waals surface area contributed by atoms with Gasteiger partial charge in [0.15, 0.2) is 0 Å². The summed E-state index contributed by atoms with van der Waals surface area (Å²) in [5.41, 5.74) is 0.980. The number of piperazine rings is 1. The van der Waals surface area contributed by atoms with Gasteiger partial charge in [-0.1, -0.05) is 0 Å². The summed E-state index contributed by atoms with van der Waals surface area (Å²) in [5, 5.41) is 0. The van der Waals surface area contributed by atoms with Crippen molar-refractivity contribution in [1.29, 1.82) is 0 Å². The molecule has 0 amide bonds. The lowest BCUT2D eigenvalue weighted by Crippen LogP contribution is -2.48. The summed E-state index contributed by atoms with van der Waals surface area (Å²) >= 11 is 0. The molecule has 8 nitrogen and oxygen atoms in total. The average Bonchev–Trinajstić information content (AvgIpc) is 3.29. The van der Waals surface area contributed by atoms with E-state index in [1.165, 1.54) is 12.8 Å². The molecule has 2 aliphatic rings. The van der Waals surface area contributed by atoms with Crippen LogP contribution in [0.1, 0.15) is 18.5 Å². The van der Waals surface area contributed by atoms with Gasteiger partial charge in [-0.15, -0.1) is 0 Å². The molecule has 2 saturated heterocycles. The Labute approximate surface area is 172 Å². The predicted octanol–water partition coefficient (Wildman–Crippen LogP) is 1.59. The topological polar surface area (TPSA) is 78.9 Å². The molecule has 1 aromatic heterocycles. The fourth-order valence-electron chi connectivity index (χ4n) is 3.80. The zero-order chi connectivity index (χ0) is 20.3.